The Morgan fingerprint density at radius 1 is 0.318 bits per heavy atom. The number of hydrogen-bond donors (Lipinski definition) is 0. The maximum atomic E-state index is 12.7. The van der Waals surface area contributed by atoms with Gasteiger partial charge in [-0.25, -0.2) is 0 Å². The fraction of sp³-hybridized carbons (Fsp3) is 0.817. The maximum Gasteiger partial charge on any atom is 0.306 e. The molecule has 0 bridgehead atoms. The Hall–Kier alpha value is -2.63. The van der Waals surface area contributed by atoms with Crippen LogP contribution >= 0.6 is 0 Å². The SMILES string of the molecule is CC/C=C\C/C=C\C/C=C\C/C=C\CCCCCCCCCCCCCCCCCCCCCCC(=O)OCC(COC(=O)CCCCCCC)OC(=O)CCCCCCCCCCCC. The summed E-state index contributed by atoms with van der Waals surface area (Å²) < 4.78 is 16.7. The van der Waals surface area contributed by atoms with E-state index >= 15 is 0 Å². The molecule has 0 spiro atoms. The molecule has 0 aromatic rings. The van der Waals surface area contributed by atoms with E-state index < -0.39 is 6.10 Å². The lowest BCUT2D eigenvalue weighted by molar-refractivity contribution is -0.167. The Morgan fingerprint density at radius 2 is 0.591 bits per heavy atom. The van der Waals surface area contributed by atoms with Crippen molar-refractivity contribution >= 4 is 17.9 Å². The van der Waals surface area contributed by atoms with Crippen LogP contribution in [0.2, 0.25) is 0 Å². The Bertz CT molecular complexity index is 1150. The van der Waals surface area contributed by atoms with Gasteiger partial charge in [0.25, 0.3) is 0 Å². The third-order valence-corrected chi connectivity index (χ3v) is 12.6. The van der Waals surface area contributed by atoms with Gasteiger partial charge in [0.15, 0.2) is 6.10 Å². The summed E-state index contributed by atoms with van der Waals surface area (Å²) in [6.07, 6.45) is 67.5. The number of carbonyl (C=O) groups excluding carboxylic acids is 3. The van der Waals surface area contributed by atoms with Gasteiger partial charge in [0.1, 0.15) is 13.2 Å². The lowest BCUT2D eigenvalue weighted by Crippen LogP contribution is -2.30. The van der Waals surface area contributed by atoms with Crippen LogP contribution in [0.5, 0.6) is 0 Å². The Balaban J connectivity index is 3.83. The molecule has 0 heterocycles. The second-order valence-electron chi connectivity index (χ2n) is 19.2. The van der Waals surface area contributed by atoms with Gasteiger partial charge >= 0.3 is 17.9 Å². The predicted octanol–water partition coefficient (Wildman–Crippen LogP) is 19.0. The summed E-state index contributed by atoms with van der Waals surface area (Å²) in [7, 11) is 0. The standard InChI is InChI=1S/C60H108O6/c1-4-7-10-13-15-17-19-20-21-22-23-24-25-26-27-28-29-30-31-32-33-34-35-36-37-38-39-40-41-43-44-47-50-53-59(62)65-56-57(55-64-58(61)52-49-46-12-9-6-3)66-60(63)54-51-48-45-42-18-16-14-11-8-5-2/h7,10,15,17,20-21,23-24,57H,4-6,8-9,11-14,16,18-19,22,25-56H2,1-3H3/b10-7-,17-15-,21-20-,24-23-. The number of esters is 3. The zero-order chi connectivity index (χ0) is 47.9. The molecule has 384 valence electrons. The first-order valence-electron chi connectivity index (χ1n) is 28.6. The van der Waals surface area contributed by atoms with Crippen LogP contribution in [0.15, 0.2) is 48.6 Å². The minimum atomic E-state index is -0.762. The van der Waals surface area contributed by atoms with E-state index in [1.165, 1.54) is 167 Å². The number of hydrogen-bond acceptors (Lipinski definition) is 6. The second kappa shape index (κ2) is 55.0. The normalized spacial score (nSPS) is 12.3. The van der Waals surface area contributed by atoms with Gasteiger partial charge in [0, 0.05) is 19.3 Å². The molecule has 0 aliphatic heterocycles. The summed E-state index contributed by atoms with van der Waals surface area (Å²) in [6, 6.07) is 0. The van der Waals surface area contributed by atoms with Crippen LogP contribution in [0, 0.1) is 0 Å². The fourth-order valence-corrected chi connectivity index (χ4v) is 8.32. The van der Waals surface area contributed by atoms with E-state index in [0.717, 1.165) is 89.9 Å². The Labute approximate surface area is 409 Å². The van der Waals surface area contributed by atoms with Crippen LogP contribution in [-0.2, 0) is 28.6 Å². The Morgan fingerprint density at radius 3 is 0.924 bits per heavy atom. The van der Waals surface area contributed by atoms with Crippen molar-refractivity contribution in [3.63, 3.8) is 0 Å². The number of ether oxygens (including phenoxy) is 3. The number of carbonyl (C=O) groups is 3. The van der Waals surface area contributed by atoms with Crippen molar-refractivity contribution in [1.82, 2.24) is 0 Å². The summed E-state index contributed by atoms with van der Waals surface area (Å²) in [5.41, 5.74) is 0. The van der Waals surface area contributed by atoms with Gasteiger partial charge in [0.05, 0.1) is 0 Å². The smallest absolute Gasteiger partial charge is 0.306 e. The van der Waals surface area contributed by atoms with Crippen molar-refractivity contribution in [3.8, 4) is 0 Å². The van der Waals surface area contributed by atoms with Gasteiger partial charge in [0.2, 0.25) is 0 Å². The number of rotatable bonds is 52. The lowest BCUT2D eigenvalue weighted by Gasteiger charge is -2.18. The Kier molecular flexibility index (Phi) is 52.8. The summed E-state index contributed by atoms with van der Waals surface area (Å²) in [6.45, 7) is 6.45. The van der Waals surface area contributed by atoms with Gasteiger partial charge < -0.3 is 14.2 Å². The minimum Gasteiger partial charge on any atom is -0.462 e. The van der Waals surface area contributed by atoms with Crippen molar-refractivity contribution in [1.29, 1.82) is 0 Å². The third kappa shape index (κ3) is 52.3. The molecule has 0 rings (SSSR count). The zero-order valence-corrected chi connectivity index (χ0v) is 44.0. The van der Waals surface area contributed by atoms with E-state index in [1.54, 1.807) is 0 Å². The molecule has 0 amide bonds. The van der Waals surface area contributed by atoms with Crippen LogP contribution in [0.25, 0.3) is 0 Å². The van der Waals surface area contributed by atoms with E-state index in [0.29, 0.717) is 19.3 Å². The summed E-state index contributed by atoms with van der Waals surface area (Å²) >= 11 is 0. The van der Waals surface area contributed by atoms with Crippen LogP contribution < -0.4 is 0 Å². The van der Waals surface area contributed by atoms with Crippen LogP contribution in [0.1, 0.15) is 297 Å². The van der Waals surface area contributed by atoms with E-state index in [-0.39, 0.29) is 31.1 Å². The summed E-state index contributed by atoms with van der Waals surface area (Å²) in [5, 5.41) is 0. The van der Waals surface area contributed by atoms with Gasteiger partial charge in [-0.15, -0.1) is 0 Å². The monoisotopic (exact) mass is 925 g/mol. The molecular formula is C60H108O6. The van der Waals surface area contributed by atoms with Crippen molar-refractivity contribution in [3.05, 3.63) is 48.6 Å². The van der Waals surface area contributed by atoms with Crippen LogP contribution in [-0.4, -0.2) is 37.2 Å². The fourth-order valence-electron chi connectivity index (χ4n) is 8.32. The molecule has 0 saturated heterocycles. The van der Waals surface area contributed by atoms with Crippen LogP contribution in [0.3, 0.4) is 0 Å². The average Bonchev–Trinajstić information content (AvgIpc) is 3.31. The van der Waals surface area contributed by atoms with Crippen molar-refractivity contribution in [2.75, 3.05) is 13.2 Å². The molecule has 1 unspecified atom stereocenters. The molecule has 0 aliphatic rings. The highest BCUT2D eigenvalue weighted by molar-refractivity contribution is 5.71. The van der Waals surface area contributed by atoms with E-state index in [4.69, 9.17) is 14.2 Å². The first-order valence-corrected chi connectivity index (χ1v) is 28.6. The molecule has 0 radical (unpaired) electrons. The predicted molar refractivity (Wildman–Crippen MR) is 284 cm³/mol. The molecule has 0 aromatic carbocycles. The van der Waals surface area contributed by atoms with Crippen molar-refractivity contribution in [2.24, 2.45) is 0 Å². The first-order chi connectivity index (χ1) is 32.5. The molecule has 0 aliphatic carbocycles. The highest BCUT2D eigenvalue weighted by Crippen LogP contribution is 2.17. The third-order valence-electron chi connectivity index (χ3n) is 12.6. The molecular weight excluding hydrogens is 817 g/mol. The number of allylic oxidation sites excluding steroid dienone is 8. The van der Waals surface area contributed by atoms with E-state index in [2.05, 4.69) is 69.4 Å². The van der Waals surface area contributed by atoms with Crippen molar-refractivity contribution < 1.29 is 28.6 Å². The second-order valence-corrected chi connectivity index (χ2v) is 19.2. The quantitative estimate of drug-likeness (QED) is 0.0262. The molecule has 0 aromatic heterocycles. The molecule has 6 heteroatoms. The molecule has 0 saturated carbocycles. The highest BCUT2D eigenvalue weighted by Gasteiger charge is 2.19. The maximum absolute atomic E-state index is 12.7. The largest absolute Gasteiger partial charge is 0.462 e. The molecule has 0 fully saturated rings. The van der Waals surface area contributed by atoms with Gasteiger partial charge in [-0.3, -0.25) is 14.4 Å². The molecule has 0 N–H and O–H groups in total. The molecule has 6 nitrogen and oxygen atoms in total. The summed E-state index contributed by atoms with van der Waals surface area (Å²) in [4.78, 5) is 37.6. The number of unbranched alkanes of at least 4 members (excludes halogenated alkanes) is 33. The highest BCUT2D eigenvalue weighted by atomic mass is 16.6. The molecule has 66 heavy (non-hydrogen) atoms. The van der Waals surface area contributed by atoms with E-state index in [9.17, 15) is 14.4 Å². The van der Waals surface area contributed by atoms with Crippen LogP contribution in [0.4, 0.5) is 0 Å². The lowest BCUT2D eigenvalue weighted by atomic mass is 10.0. The average molecular weight is 926 g/mol. The first kappa shape index (κ1) is 63.4. The van der Waals surface area contributed by atoms with Gasteiger partial charge in [-0.05, 0) is 57.8 Å². The minimum absolute atomic E-state index is 0.0678. The zero-order valence-electron chi connectivity index (χ0n) is 44.0. The van der Waals surface area contributed by atoms with Crippen molar-refractivity contribution in [2.45, 2.75) is 303 Å². The van der Waals surface area contributed by atoms with Gasteiger partial charge in [-0.2, -0.15) is 0 Å². The topological polar surface area (TPSA) is 78.9 Å². The molecule has 1 atom stereocenters. The van der Waals surface area contributed by atoms with Gasteiger partial charge in [-0.1, -0.05) is 268 Å². The summed E-state index contributed by atoms with van der Waals surface area (Å²) in [5.74, 6) is -0.872. The van der Waals surface area contributed by atoms with E-state index in [1.807, 2.05) is 0 Å².